The molecular formula is C29H28N6O3. The van der Waals surface area contributed by atoms with E-state index in [1.807, 2.05) is 49.7 Å². The maximum absolute atomic E-state index is 12.0. The Kier molecular flexibility index (Phi) is 6.66. The van der Waals surface area contributed by atoms with Gasteiger partial charge in [0.1, 0.15) is 11.4 Å². The van der Waals surface area contributed by atoms with Crippen molar-refractivity contribution in [3.63, 3.8) is 0 Å². The molecule has 3 aromatic heterocycles. The van der Waals surface area contributed by atoms with Crippen LogP contribution in [0, 0.1) is 13.8 Å². The normalized spacial score (nSPS) is 10.9. The number of nitrogens with zero attached hydrogens (tertiary/aromatic N) is 4. The first-order chi connectivity index (χ1) is 18.3. The maximum Gasteiger partial charge on any atom is 0.269 e. The summed E-state index contributed by atoms with van der Waals surface area (Å²) in [5.41, 5.74) is 6.94. The molecule has 5 aromatic rings. The summed E-state index contributed by atoms with van der Waals surface area (Å²) in [6.07, 6.45) is 1.52. The standard InChI is InChI=1S/C29H28N6O3/c1-17-11-20(12-18(2)32-17)19-7-6-8-21(13-19)33-29-34-23-15-27(26(37-5)16-25(23)35(29)4)38-22-9-10-31-24(14-22)28(36)30-3/h6-16H,1-5H3,(H,30,36)(H,33,34). The van der Waals surface area contributed by atoms with Crippen LogP contribution in [0.15, 0.2) is 66.9 Å². The van der Waals surface area contributed by atoms with Crippen LogP contribution in [-0.2, 0) is 7.05 Å². The van der Waals surface area contributed by atoms with E-state index in [4.69, 9.17) is 14.5 Å². The Morgan fingerprint density at radius 1 is 0.921 bits per heavy atom. The molecule has 3 heterocycles. The molecule has 0 aliphatic heterocycles. The third kappa shape index (κ3) is 4.99. The van der Waals surface area contributed by atoms with Gasteiger partial charge in [0, 0.05) is 55.6 Å². The lowest BCUT2D eigenvalue weighted by Crippen LogP contribution is -2.18. The van der Waals surface area contributed by atoms with Crippen molar-refractivity contribution >= 4 is 28.6 Å². The first-order valence-electron chi connectivity index (χ1n) is 12.1. The molecule has 9 heteroatoms. The van der Waals surface area contributed by atoms with Crippen LogP contribution in [0.1, 0.15) is 21.9 Å². The van der Waals surface area contributed by atoms with Gasteiger partial charge in [0.25, 0.3) is 5.91 Å². The number of hydrogen-bond donors (Lipinski definition) is 2. The largest absolute Gasteiger partial charge is 0.493 e. The van der Waals surface area contributed by atoms with Gasteiger partial charge in [-0.1, -0.05) is 12.1 Å². The number of imidazole rings is 1. The fourth-order valence-corrected chi connectivity index (χ4v) is 4.31. The minimum absolute atomic E-state index is 0.258. The average Bonchev–Trinajstić information content (AvgIpc) is 3.21. The first-order valence-corrected chi connectivity index (χ1v) is 12.1. The third-order valence-electron chi connectivity index (χ3n) is 6.12. The fourth-order valence-electron chi connectivity index (χ4n) is 4.31. The molecule has 0 fully saturated rings. The van der Waals surface area contributed by atoms with Crippen molar-refractivity contribution in [2.75, 3.05) is 19.5 Å². The van der Waals surface area contributed by atoms with E-state index < -0.39 is 0 Å². The Balaban J connectivity index is 1.46. The number of methoxy groups -OCH3 is 1. The molecule has 2 N–H and O–H groups in total. The Labute approximate surface area is 220 Å². The lowest BCUT2D eigenvalue weighted by atomic mass is 10.0. The first kappa shape index (κ1) is 24.8. The second-order valence-electron chi connectivity index (χ2n) is 8.89. The number of aromatic nitrogens is 4. The Bertz CT molecular complexity index is 1640. The summed E-state index contributed by atoms with van der Waals surface area (Å²) < 4.78 is 13.6. The molecule has 0 unspecified atom stereocenters. The van der Waals surface area contributed by atoms with Gasteiger partial charge in [-0.2, -0.15) is 0 Å². The van der Waals surface area contributed by atoms with Crippen molar-refractivity contribution in [1.82, 2.24) is 24.8 Å². The van der Waals surface area contributed by atoms with Crippen molar-refractivity contribution in [2.24, 2.45) is 7.05 Å². The van der Waals surface area contributed by atoms with Gasteiger partial charge in [-0.3, -0.25) is 14.8 Å². The van der Waals surface area contributed by atoms with Gasteiger partial charge in [-0.05, 0) is 55.3 Å². The molecular weight excluding hydrogens is 480 g/mol. The number of anilines is 2. The number of pyridine rings is 2. The number of ether oxygens (including phenoxy) is 2. The van der Waals surface area contributed by atoms with Crippen molar-refractivity contribution in [2.45, 2.75) is 13.8 Å². The monoisotopic (exact) mass is 508 g/mol. The van der Waals surface area contributed by atoms with Crippen LogP contribution in [0.4, 0.5) is 11.6 Å². The van der Waals surface area contributed by atoms with E-state index in [1.54, 1.807) is 26.3 Å². The van der Waals surface area contributed by atoms with Crippen LogP contribution < -0.4 is 20.1 Å². The van der Waals surface area contributed by atoms with E-state index in [0.29, 0.717) is 23.2 Å². The smallest absolute Gasteiger partial charge is 0.269 e. The molecule has 0 saturated carbocycles. The number of fused-ring (bicyclic) bond motifs is 1. The quantitative estimate of drug-likeness (QED) is 0.297. The highest BCUT2D eigenvalue weighted by molar-refractivity contribution is 5.92. The predicted molar refractivity (Wildman–Crippen MR) is 147 cm³/mol. The van der Waals surface area contributed by atoms with Gasteiger partial charge in [-0.15, -0.1) is 0 Å². The van der Waals surface area contributed by atoms with Gasteiger partial charge in [0.05, 0.1) is 18.1 Å². The topological polar surface area (TPSA) is 103 Å². The van der Waals surface area contributed by atoms with E-state index in [0.717, 1.165) is 39.2 Å². The highest BCUT2D eigenvalue weighted by Gasteiger charge is 2.16. The second-order valence-corrected chi connectivity index (χ2v) is 8.89. The van der Waals surface area contributed by atoms with Crippen molar-refractivity contribution in [1.29, 1.82) is 0 Å². The number of aryl methyl sites for hydroxylation is 3. The Morgan fingerprint density at radius 3 is 2.45 bits per heavy atom. The number of carbonyl (C=O) groups is 1. The number of rotatable bonds is 7. The van der Waals surface area contributed by atoms with Crippen LogP contribution in [0.2, 0.25) is 0 Å². The highest BCUT2D eigenvalue weighted by Crippen LogP contribution is 2.37. The average molecular weight is 509 g/mol. The molecule has 0 bridgehead atoms. The summed E-state index contributed by atoms with van der Waals surface area (Å²) >= 11 is 0. The predicted octanol–water partition coefficient (Wildman–Crippen LogP) is 5.55. The molecule has 9 nitrogen and oxygen atoms in total. The molecule has 0 atom stereocenters. The summed E-state index contributed by atoms with van der Waals surface area (Å²) in [6.45, 7) is 4.00. The number of carbonyl (C=O) groups excluding carboxylic acids is 1. The zero-order chi connectivity index (χ0) is 26.8. The van der Waals surface area contributed by atoms with E-state index >= 15 is 0 Å². The lowest BCUT2D eigenvalue weighted by Gasteiger charge is -2.11. The van der Waals surface area contributed by atoms with Crippen molar-refractivity contribution in [3.05, 3.63) is 83.9 Å². The van der Waals surface area contributed by atoms with Crippen LogP contribution in [0.3, 0.4) is 0 Å². The van der Waals surface area contributed by atoms with Crippen molar-refractivity contribution < 1.29 is 14.3 Å². The minimum atomic E-state index is -0.295. The highest BCUT2D eigenvalue weighted by atomic mass is 16.5. The van der Waals surface area contributed by atoms with Gasteiger partial charge < -0.3 is 24.7 Å². The molecule has 2 aromatic carbocycles. The Hall–Kier alpha value is -4.92. The maximum atomic E-state index is 12.0. The number of benzene rings is 2. The minimum Gasteiger partial charge on any atom is -0.493 e. The van der Waals surface area contributed by atoms with Crippen LogP contribution in [-0.4, -0.2) is 39.6 Å². The number of nitrogens with one attached hydrogen (secondary N) is 2. The van der Waals surface area contributed by atoms with E-state index in [9.17, 15) is 4.79 Å². The van der Waals surface area contributed by atoms with Crippen LogP contribution in [0.5, 0.6) is 17.2 Å². The van der Waals surface area contributed by atoms with Crippen LogP contribution in [0.25, 0.3) is 22.2 Å². The summed E-state index contributed by atoms with van der Waals surface area (Å²) in [5.74, 6) is 1.85. The molecule has 0 aliphatic rings. The third-order valence-corrected chi connectivity index (χ3v) is 6.12. The van der Waals surface area contributed by atoms with E-state index in [1.165, 1.54) is 6.20 Å². The molecule has 192 valence electrons. The second kappa shape index (κ2) is 10.2. The van der Waals surface area contributed by atoms with Crippen molar-refractivity contribution in [3.8, 4) is 28.4 Å². The SMILES string of the molecule is CNC(=O)c1cc(Oc2cc3nc(Nc4cccc(-c5cc(C)nc(C)c5)c4)n(C)c3cc2OC)ccn1. The van der Waals surface area contributed by atoms with Gasteiger partial charge >= 0.3 is 0 Å². The summed E-state index contributed by atoms with van der Waals surface area (Å²) in [7, 11) is 5.08. The molecule has 0 radical (unpaired) electrons. The number of amides is 1. The van der Waals surface area contributed by atoms with Crippen LogP contribution >= 0.6 is 0 Å². The molecule has 5 rings (SSSR count). The molecule has 38 heavy (non-hydrogen) atoms. The lowest BCUT2D eigenvalue weighted by molar-refractivity contribution is 0.0958. The molecule has 0 aliphatic carbocycles. The molecule has 1 amide bonds. The Morgan fingerprint density at radius 2 is 1.71 bits per heavy atom. The van der Waals surface area contributed by atoms with Gasteiger partial charge in [0.2, 0.25) is 5.95 Å². The molecule has 0 spiro atoms. The fraction of sp³-hybridized carbons (Fsp3) is 0.172. The zero-order valence-electron chi connectivity index (χ0n) is 21.9. The zero-order valence-corrected chi connectivity index (χ0v) is 21.9. The van der Waals surface area contributed by atoms with Gasteiger partial charge in [-0.25, -0.2) is 4.98 Å². The summed E-state index contributed by atoms with van der Waals surface area (Å²) in [4.78, 5) is 25.3. The van der Waals surface area contributed by atoms with E-state index in [2.05, 4.69) is 44.9 Å². The number of hydrogen-bond acceptors (Lipinski definition) is 7. The molecule has 0 saturated heterocycles. The van der Waals surface area contributed by atoms with E-state index in [-0.39, 0.29) is 11.6 Å². The summed E-state index contributed by atoms with van der Waals surface area (Å²) in [5, 5.41) is 6.00. The van der Waals surface area contributed by atoms with Gasteiger partial charge in [0.15, 0.2) is 11.5 Å². The summed E-state index contributed by atoms with van der Waals surface area (Å²) in [6, 6.07) is 19.3.